The fourth-order valence-corrected chi connectivity index (χ4v) is 4.94. The van der Waals surface area contributed by atoms with Gasteiger partial charge in [0, 0.05) is 5.56 Å². The second-order valence-corrected chi connectivity index (χ2v) is 9.27. The highest BCUT2D eigenvalue weighted by Gasteiger charge is 2.56. The number of fused-ring (bicyclic) bond motifs is 2. The molecule has 2 aliphatic heterocycles. The third-order valence-corrected chi connectivity index (χ3v) is 6.48. The lowest BCUT2D eigenvalue weighted by Gasteiger charge is -2.24. The first-order chi connectivity index (χ1) is 16.4. The van der Waals surface area contributed by atoms with Gasteiger partial charge in [0.2, 0.25) is 0 Å². The Morgan fingerprint density at radius 1 is 0.941 bits per heavy atom. The number of aryl methyl sites for hydroxylation is 1. The first-order valence-electron chi connectivity index (χ1n) is 11.4. The smallest absolute Gasteiger partial charge is 0.166 e. The summed E-state index contributed by atoms with van der Waals surface area (Å²) >= 11 is 0. The molecule has 4 heterocycles. The fraction of sp³-hybridized carbons (Fsp3) is 0.346. The average Bonchev–Trinajstić information content (AvgIpc) is 3.50. The molecule has 34 heavy (non-hydrogen) atoms. The van der Waals surface area contributed by atoms with Crippen molar-refractivity contribution >= 4 is 11.2 Å². The predicted octanol–water partition coefficient (Wildman–Crippen LogP) is 3.88. The molecule has 1 N–H and O–H groups in total. The minimum Gasteiger partial charge on any atom is -0.394 e. The lowest BCUT2D eigenvalue weighted by Crippen LogP contribution is -2.31. The molecule has 0 bridgehead atoms. The third-order valence-electron chi connectivity index (χ3n) is 6.48. The van der Waals surface area contributed by atoms with E-state index >= 15 is 0 Å². The normalized spacial score (nSPS) is 25.6. The first-order valence-corrected chi connectivity index (χ1v) is 11.4. The molecule has 6 rings (SSSR count). The lowest BCUT2D eigenvalue weighted by molar-refractivity contribution is -0.199. The highest BCUT2D eigenvalue weighted by atomic mass is 16.8. The molecular formula is C26H26N4O4. The van der Waals surface area contributed by atoms with Crippen molar-refractivity contribution in [3.63, 3.8) is 0 Å². The molecule has 174 valence electrons. The second-order valence-electron chi connectivity index (χ2n) is 9.27. The summed E-state index contributed by atoms with van der Waals surface area (Å²) in [7, 11) is 0. The minimum absolute atomic E-state index is 0.159. The SMILES string of the molecule is Cc1ccc(-c2ccccc2-c2ncnc3c2ncn3C2OC(CO)C3OC(C)(C)OC32)cc1. The van der Waals surface area contributed by atoms with E-state index in [2.05, 4.69) is 58.3 Å². The van der Waals surface area contributed by atoms with E-state index in [-0.39, 0.29) is 18.8 Å². The topological polar surface area (TPSA) is 91.5 Å². The summed E-state index contributed by atoms with van der Waals surface area (Å²) in [5, 5.41) is 9.85. The highest BCUT2D eigenvalue weighted by Crippen LogP contribution is 2.44. The van der Waals surface area contributed by atoms with Gasteiger partial charge in [-0.3, -0.25) is 4.57 Å². The summed E-state index contributed by atoms with van der Waals surface area (Å²) in [6.07, 6.45) is 1.48. The summed E-state index contributed by atoms with van der Waals surface area (Å²) in [5.74, 6) is -0.756. The zero-order valence-electron chi connectivity index (χ0n) is 19.3. The van der Waals surface area contributed by atoms with E-state index in [4.69, 9.17) is 14.2 Å². The van der Waals surface area contributed by atoms with Crippen LogP contribution in [0.25, 0.3) is 33.5 Å². The van der Waals surface area contributed by atoms with Crippen molar-refractivity contribution in [2.24, 2.45) is 0 Å². The van der Waals surface area contributed by atoms with Crippen molar-refractivity contribution in [3.8, 4) is 22.4 Å². The maximum absolute atomic E-state index is 9.85. The van der Waals surface area contributed by atoms with Gasteiger partial charge in [0.15, 0.2) is 17.7 Å². The number of benzene rings is 2. The van der Waals surface area contributed by atoms with Crippen LogP contribution in [0.2, 0.25) is 0 Å². The molecule has 8 heteroatoms. The molecule has 4 aromatic rings. The van der Waals surface area contributed by atoms with Gasteiger partial charge >= 0.3 is 0 Å². The van der Waals surface area contributed by atoms with Gasteiger partial charge < -0.3 is 19.3 Å². The van der Waals surface area contributed by atoms with Gasteiger partial charge in [-0.25, -0.2) is 15.0 Å². The molecule has 2 aliphatic rings. The van der Waals surface area contributed by atoms with Gasteiger partial charge in [-0.2, -0.15) is 0 Å². The number of hydrogen-bond acceptors (Lipinski definition) is 7. The Bertz CT molecular complexity index is 1350. The standard InChI is InChI=1S/C26H26N4O4/c1-15-8-10-16(11-9-15)17-6-4-5-7-18(17)20-21-24(28-13-27-20)30(14-29-21)25-23-22(19(12-31)32-25)33-26(2,3)34-23/h4-11,13-14,19,22-23,25,31H,12H2,1-3H3. The van der Waals surface area contributed by atoms with Gasteiger partial charge in [0.25, 0.3) is 0 Å². The summed E-state index contributed by atoms with van der Waals surface area (Å²) in [6, 6.07) is 16.6. The number of nitrogens with zero attached hydrogens (tertiary/aromatic N) is 4. The summed E-state index contributed by atoms with van der Waals surface area (Å²) in [4.78, 5) is 13.8. The highest BCUT2D eigenvalue weighted by molar-refractivity contribution is 5.93. The maximum atomic E-state index is 9.85. The number of aliphatic hydroxyl groups excluding tert-OH is 1. The molecule has 4 atom stereocenters. The zero-order valence-corrected chi connectivity index (χ0v) is 19.3. The number of rotatable bonds is 4. The van der Waals surface area contributed by atoms with Gasteiger partial charge in [-0.1, -0.05) is 54.1 Å². The molecule has 2 saturated heterocycles. The minimum atomic E-state index is -0.756. The Morgan fingerprint density at radius 2 is 1.68 bits per heavy atom. The number of imidazole rings is 1. The molecule has 2 fully saturated rings. The van der Waals surface area contributed by atoms with Crippen molar-refractivity contribution < 1.29 is 19.3 Å². The van der Waals surface area contributed by atoms with Gasteiger partial charge in [0.1, 0.15) is 35.8 Å². The Labute approximate surface area is 197 Å². The molecule has 4 unspecified atom stereocenters. The van der Waals surface area contributed by atoms with Gasteiger partial charge in [0.05, 0.1) is 12.9 Å². The average molecular weight is 459 g/mol. The van der Waals surface area contributed by atoms with Crippen LogP contribution in [0.1, 0.15) is 25.6 Å². The van der Waals surface area contributed by atoms with Crippen LogP contribution in [-0.4, -0.2) is 55.3 Å². The van der Waals surface area contributed by atoms with Crippen LogP contribution in [-0.2, 0) is 14.2 Å². The van der Waals surface area contributed by atoms with Crippen molar-refractivity contribution in [1.82, 2.24) is 19.5 Å². The second kappa shape index (κ2) is 7.95. The fourth-order valence-electron chi connectivity index (χ4n) is 4.94. The Morgan fingerprint density at radius 3 is 2.44 bits per heavy atom. The van der Waals surface area contributed by atoms with Crippen molar-refractivity contribution in [2.75, 3.05) is 6.61 Å². The number of aromatic nitrogens is 4. The van der Waals surface area contributed by atoms with Crippen molar-refractivity contribution in [2.45, 2.75) is 51.1 Å². The predicted molar refractivity (Wildman–Crippen MR) is 126 cm³/mol. The first kappa shape index (κ1) is 21.4. The molecule has 0 amide bonds. The quantitative estimate of drug-likeness (QED) is 0.496. The third kappa shape index (κ3) is 3.42. The van der Waals surface area contributed by atoms with Crippen molar-refractivity contribution in [3.05, 3.63) is 66.7 Å². The van der Waals surface area contributed by atoms with E-state index in [0.29, 0.717) is 11.2 Å². The van der Waals surface area contributed by atoms with E-state index in [1.54, 1.807) is 12.7 Å². The summed E-state index contributed by atoms with van der Waals surface area (Å²) in [5.41, 5.74) is 6.43. The van der Waals surface area contributed by atoms with Crippen LogP contribution in [0.5, 0.6) is 0 Å². The van der Waals surface area contributed by atoms with E-state index in [1.165, 1.54) is 5.56 Å². The number of hydrogen-bond donors (Lipinski definition) is 1. The largest absolute Gasteiger partial charge is 0.394 e. The summed E-state index contributed by atoms with van der Waals surface area (Å²) in [6.45, 7) is 5.65. The number of aliphatic hydroxyl groups is 1. The van der Waals surface area contributed by atoms with Crippen LogP contribution in [0.3, 0.4) is 0 Å². The molecule has 2 aromatic carbocycles. The van der Waals surface area contributed by atoms with Crippen LogP contribution in [0.4, 0.5) is 0 Å². The van der Waals surface area contributed by atoms with E-state index in [0.717, 1.165) is 22.4 Å². The zero-order chi connectivity index (χ0) is 23.4. The molecule has 0 aliphatic carbocycles. The molecule has 0 spiro atoms. The van der Waals surface area contributed by atoms with Gasteiger partial charge in [-0.05, 0) is 31.9 Å². The monoisotopic (exact) mass is 458 g/mol. The van der Waals surface area contributed by atoms with Crippen LogP contribution < -0.4 is 0 Å². The van der Waals surface area contributed by atoms with E-state index in [1.807, 2.05) is 30.5 Å². The molecular weight excluding hydrogens is 432 g/mol. The maximum Gasteiger partial charge on any atom is 0.166 e. The van der Waals surface area contributed by atoms with Crippen LogP contribution >= 0.6 is 0 Å². The lowest BCUT2D eigenvalue weighted by atomic mass is 9.96. The van der Waals surface area contributed by atoms with E-state index in [9.17, 15) is 5.11 Å². The molecule has 0 saturated carbocycles. The van der Waals surface area contributed by atoms with Crippen LogP contribution in [0.15, 0.2) is 61.2 Å². The van der Waals surface area contributed by atoms with Gasteiger partial charge in [-0.15, -0.1) is 0 Å². The Balaban J connectivity index is 1.45. The molecule has 2 aromatic heterocycles. The number of ether oxygens (including phenoxy) is 3. The van der Waals surface area contributed by atoms with Crippen LogP contribution in [0, 0.1) is 6.92 Å². The summed E-state index contributed by atoms with van der Waals surface area (Å²) < 4.78 is 20.1. The van der Waals surface area contributed by atoms with E-state index < -0.39 is 18.1 Å². The molecule has 0 radical (unpaired) electrons. The Hall–Kier alpha value is -3.17. The van der Waals surface area contributed by atoms with Crippen molar-refractivity contribution in [1.29, 1.82) is 0 Å². The Kier molecular flexibility index (Phi) is 5.00. The molecule has 8 nitrogen and oxygen atoms in total.